The van der Waals surface area contributed by atoms with Crippen LogP contribution < -0.4 is 0 Å². The van der Waals surface area contributed by atoms with Crippen LogP contribution in [-0.4, -0.2) is 0 Å². The first kappa shape index (κ1) is 32.7. The molecule has 0 atom stereocenters. The van der Waals surface area contributed by atoms with Gasteiger partial charge < -0.3 is 8.83 Å². The van der Waals surface area contributed by atoms with Crippen LogP contribution in [0.3, 0.4) is 0 Å². The fraction of sp³-hybridized carbons (Fsp3) is 0.277. The van der Waals surface area contributed by atoms with Crippen LogP contribution in [0.5, 0.6) is 0 Å². The largest absolute Gasteiger partial charge is 0.456 e. The minimum atomic E-state index is 0.936. The van der Waals surface area contributed by atoms with Crippen molar-refractivity contribution < 1.29 is 8.83 Å². The van der Waals surface area contributed by atoms with Crippen LogP contribution in [0.25, 0.3) is 57.4 Å². The highest BCUT2D eigenvalue weighted by Crippen LogP contribution is 2.37. The van der Waals surface area contributed by atoms with Crippen LogP contribution in [0.2, 0.25) is 0 Å². The number of benzene rings is 4. The predicted octanol–water partition coefficient (Wildman–Crippen LogP) is 13.7. The Hall–Kier alpha value is -4.82. The summed E-state index contributed by atoms with van der Waals surface area (Å²) in [7, 11) is 0. The maximum absolute atomic E-state index is 6.71. The van der Waals surface area contributed by atoms with Gasteiger partial charge in [-0.15, -0.1) is 0 Å². The second kappa shape index (κ2) is 15.6. The maximum Gasteiger partial charge on any atom is 0.138 e. The van der Waals surface area contributed by atoms with Gasteiger partial charge >= 0.3 is 0 Å². The highest BCUT2D eigenvalue weighted by molar-refractivity contribution is 5.77. The molecule has 2 heteroatoms. The summed E-state index contributed by atoms with van der Waals surface area (Å²) < 4.78 is 13.4. The molecule has 0 saturated carbocycles. The van der Waals surface area contributed by atoms with Crippen molar-refractivity contribution in [2.45, 2.75) is 84.5 Å². The van der Waals surface area contributed by atoms with Crippen LogP contribution in [0.15, 0.2) is 118 Å². The monoisotopic (exact) mass is 644 g/mol. The van der Waals surface area contributed by atoms with Gasteiger partial charge in [0.05, 0.1) is 0 Å². The molecule has 7 rings (SSSR count). The SMILES string of the molecule is CCCCc1cc2oc1-c1cccc(c1)CCCCCc1cccc(c1)-c1oc(cc1CCCC)-c1cccc(c1)/C=C\c1cccc-2c1. The lowest BCUT2D eigenvalue weighted by Gasteiger charge is -2.08. The Labute approximate surface area is 292 Å². The number of unbranched alkanes of at least 4 members (excludes halogenated alkanes) is 2. The highest BCUT2D eigenvalue weighted by Gasteiger charge is 2.17. The first-order valence-electron chi connectivity index (χ1n) is 18.5. The van der Waals surface area contributed by atoms with E-state index in [1.54, 1.807) is 0 Å². The van der Waals surface area contributed by atoms with E-state index in [2.05, 4.69) is 135 Å². The molecule has 2 nitrogen and oxygen atoms in total. The Morgan fingerprint density at radius 1 is 0.469 bits per heavy atom. The van der Waals surface area contributed by atoms with Crippen molar-refractivity contribution in [2.75, 3.05) is 0 Å². The van der Waals surface area contributed by atoms with E-state index in [1.165, 1.54) is 52.6 Å². The van der Waals surface area contributed by atoms with Crippen molar-refractivity contribution in [2.24, 2.45) is 0 Å². The lowest BCUT2D eigenvalue weighted by atomic mass is 9.98. The molecule has 248 valence electrons. The molecule has 1 aliphatic heterocycles. The summed E-state index contributed by atoms with van der Waals surface area (Å²) in [5, 5.41) is 0. The standard InChI is InChI=1S/C47H48O2/c1-3-5-20-42-32-44-38-22-10-18-36(28-38)26-27-37-19-11-23-39(29-37)45-33-43(21-6-4-2)47(49-45)41-25-13-17-35(31-41)15-9-7-8-14-34-16-12-24-40(30-34)46(42)48-44/h10-13,16-19,22-33H,3-9,14-15,20-21H2,1-2H3/b27-26-. The zero-order valence-electron chi connectivity index (χ0n) is 29.1. The molecule has 2 aromatic heterocycles. The Balaban J connectivity index is 1.28. The highest BCUT2D eigenvalue weighted by atomic mass is 16.3. The van der Waals surface area contributed by atoms with E-state index in [0.29, 0.717) is 0 Å². The van der Waals surface area contributed by atoms with Gasteiger partial charge in [0.1, 0.15) is 23.0 Å². The molecule has 0 N–H and O–H groups in total. The van der Waals surface area contributed by atoms with E-state index < -0.39 is 0 Å². The van der Waals surface area contributed by atoms with E-state index in [-0.39, 0.29) is 0 Å². The van der Waals surface area contributed by atoms with Crippen LogP contribution in [0.1, 0.15) is 92.2 Å². The minimum Gasteiger partial charge on any atom is -0.456 e. The topological polar surface area (TPSA) is 26.3 Å². The molecule has 12 bridgehead atoms. The van der Waals surface area contributed by atoms with Gasteiger partial charge in [-0.1, -0.05) is 118 Å². The van der Waals surface area contributed by atoms with Gasteiger partial charge in [-0.05, 0) is 121 Å². The second-order valence-electron chi connectivity index (χ2n) is 13.7. The lowest BCUT2D eigenvalue weighted by Crippen LogP contribution is -1.91. The summed E-state index contributed by atoms with van der Waals surface area (Å²) >= 11 is 0. The molecule has 0 unspecified atom stereocenters. The van der Waals surface area contributed by atoms with Crippen LogP contribution >= 0.6 is 0 Å². The molecule has 0 radical (unpaired) electrons. The molecule has 49 heavy (non-hydrogen) atoms. The number of rotatable bonds is 6. The average Bonchev–Trinajstić information content (AvgIpc) is 3.77. The normalized spacial score (nSPS) is 13.8. The summed E-state index contributed by atoms with van der Waals surface area (Å²) in [5.74, 6) is 3.91. The Kier molecular flexibility index (Phi) is 10.4. The fourth-order valence-electron chi connectivity index (χ4n) is 7.09. The minimum absolute atomic E-state index is 0.936. The van der Waals surface area contributed by atoms with Crippen molar-refractivity contribution in [3.8, 4) is 45.3 Å². The molecule has 0 aliphatic carbocycles. The summed E-state index contributed by atoms with van der Waals surface area (Å²) in [6.07, 6.45) is 16.8. The molecule has 4 aromatic carbocycles. The first-order valence-corrected chi connectivity index (χ1v) is 18.5. The molecular formula is C47H48O2. The van der Waals surface area contributed by atoms with E-state index in [4.69, 9.17) is 8.83 Å². The van der Waals surface area contributed by atoms with Crippen molar-refractivity contribution in [3.05, 3.63) is 143 Å². The third kappa shape index (κ3) is 7.92. The van der Waals surface area contributed by atoms with Gasteiger partial charge in [0.25, 0.3) is 0 Å². The molecule has 0 saturated heterocycles. The maximum atomic E-state index is 6.71. The molecule has 1 aliphatic rings. The second-order valence-corrected chi connectivity index (χ2v) is 13.7. The number of furan rings is 2. The zero-order chi connectivity index (χ0) is 33.4. The van der Waals surface area contributed by atoms with Crippen LogP contribution in [0.4, 0.5) is 0 Å². The van der Waals surface area contributed by atoms with Gasteiger partial charge in [0, 0.05) is 22.3 Å². The van der Waals surface area contributed by atoms with Crippen molar-refractivity contribution in [3.63, 3.8) is 0 Å². The van der Waals surface area contributed by atoms with Gasteiger partial charge in [0.2, 0.25) is 0 Å². The quantitative estimate of drug-likeness (QED) is 0.180. The van der Waals surface area contributed by atoms with Gasteiger partial charge in [-0.25, -0.2) is 0 Å². The van der Waals surface area contributed by atoms with Crippen molar-refractivity contribution in [1.82, 2.24) is 0 Å². The average molecular weight is 645 g/mol. The van der Waals surface area contributed by atoms with E-state index in [1.807, 2.05) is 0 Å². The number of hydrogen-bond donors (Lipinski definition) is 0. The molecule has 0 fully saturated rings. The molecule has 6 aromatic rings. The molecule has 0 spiro atoms. The Bertz CT molecular complexity index is 1890. The first-order chi connectivity index (χ1) is 24.2. The summed E-state index contributed by atoms with van der Waals surface area (Å²) in [5.41, 5.74) is 12.2. The van der Waals surface area contributed by atoms with Gasteiger partial charge in [-0.3, -0.25) is 0 Å². The summed E-state index contributed by atoms with van der Waals surface area (Å²) in [4.78, 5) is 0. The van der Waals surface area contributed by atoms with Crippen molar-refractivity contribution >= 4 is 12.2 Å². The fourth-order valence-corrected chi connectivity index (χ4v) is 7.09. The van der Waals surface area contributed by atoms with E-state index in [0.717, 1.165) is 96.7 Å². The molecular weight excluding hydrogens is 597 g/mol. The Morgan fingerprint density at radius 2 is 0.918 bits per heavy atom. The summed E-state index contributed by atoms with van der Waals surface area (Å²) in [6.45, 7) is 4.51. The third-order valence-corrected chi connectivity index (χ3v) is 9.84. The third-order valence-electron chi connectivity index (χ3n) is 9.84. The van der Waals surface area contributed by atoms with Crippen LogP contribution in [-0.2, 0) is 25.7 Å². The Morgan fingerprint density at radius 3 is 1.39 bits per heavy atom. The van der Waals surface area contributed by atoms with E-state index in [9.17, 15) is 0 Å². The van der Waals surface area contributed by atoms with Gasteiger partial charge in [-0.2, -0.15) is 0 Å². The van der Waals surface area contributed by atoms with Crippen molar-refractivity contribution in [1.29, 1.82) is 0 Å². The molecule has 0 amide bonds. The number of aryl methyl sites for hydroxylation is 4. The summed E-state index contributed by atoms with van der Waals surface area (Å²) in [6, 6.07) is 40.0. The number of fused-ring (bicyclic) bond motifs is 16. The smallest absolute Gasteiger partial charge is 0.138 e. The van der Waals surface area contributed by atoms with Crippen LogP contribution in [0, 0.1) is 0 Å². The lowest BCUT2D eigenvalue weighted by molar-refractivity contribution is 0.592. The van der Waals surface area contributed by atoms with E-state index >= 15 is 0 Å². The predicted molar refractivity (Wildman–Crippen MR) is 207 cm³/mol. The zero-order valence-corrected chi connectivity index (χ0v) is 29.1. The number of hydrogen-bond acceptors (Lipinski definition) is 2. The van der Waals surface area contributed by atoms with Gasteiger partial charge in [0.15, 0.2) is 0 Å². The molecule has 3 heterocycles.